The molecular weight excluding hydrogens is 338 g/mol. The number of nitrogens with zero attached hydrogens (tertiary/aromatic N) is 3. The van der Waals surface area contributed by atoms with Gasteiger partial charge in [-0.2, -0.15) is 5.26 Å². The van der Waals surface area contributed by atoms with E-state index < -0.39 is 0 Å². The average molecular weight is 357 g/mol. The second-order valence-corrected chi connectivity index (χ2v) is 5.87. The molecule has 0 bridgehead atoms. The van der Waals surface area contributed by atoms with Gasteiger partial charge in [-0.3, -0.25) is 4.79 Å². The zero-order valence-corrected chi connectivity index (χ0v) is 14.9. The molecule has 6 nitrogen and oxygen atoms in total. The van der Waals surface area contributed by atoms with E-state index in [1.807, 2.05) is 43.3 Å². The number of anilines is 2. The maximum atomic E-state index is 12.4. The van der Waals surface area contributed by atoms with Crippen molar-refractivity contribution in [1.82, 2.24) is 15.3 Å². The Balaban J connectivity index is 2.02. The number of carbonyl (C=O) groups excluding carboxylic acids is 1. The van der Waals surface area contributed by atoms with Gasteiger partial charge in [0, 0.05) is 18.2 Å². The summed E-state index contributed by atoms with van der Waals surface area (Å²) >= 11 is 0. The highest BCUT2D eigenvalue weighted by Crippen LogP contribution is 2.22. The summed E-state index contributed by atoms with van der Waals surface area (Å²) in [6, 6.07) is 20.3. The molecular formula is C21H19N5O. The maximum Gasteiger partial charge on any atom is 0.270 e. The molecule has 3 aromatic rings. The predicted octanol–water partition coefficient (Wildman–Crippen LogP) is 3.90. The Hall–Kier alpha value is -3.72. The SMILES string of the molecule is CCCNC(=O)c1cc(Nc2ccccc2C#N)nc(-c2ccccc2)n1. The summed E-state index contributed by atoms with van der Waals surface area (Å²) < 4.78 is 0. The summed E-state index contributed by atoms with van der Waals surface area (Å²) in [5.41, 5.74) is 2.19. The van der Waals surface area contributed by atoms with E-state index >= 15 is 0 Å². The van der Waals surface area contributed by atoms with Crippen molar-refractivity contribution in [1.29, 1.82) is 5.26 Å². The molecule has 27 heavy (non-hydrogen) atoms. The summed E-state index contributed by atoms with van der Waals surface area (Å²) in [5, 5.41) is 15.2. The summed E-state index contributed by atoms with van der Waals surface area (Å²) in [5.74, 6) is 0.637. The maximum absolute atomic E-state index is 12.4. The number of nitriles is 1. The molecule has 1 aromatic heterocycles. The van der Waals surface area contributed by atoms with E-state index in [1.165, 1.54) is 0 Å². The van der Waals surface area contributed by atoms with Crippen LogP contribution < -0.4 is 10.6 Å². The second kappa shape index (κ2) is 8.59. The molecule has 0 aliphatic rings. The first-order chi connectivity index (χ1) is 13.2. The molecule has 0 aliphatic heterocycles. The monoisotopic (exact) mass is 357 g/mol. The average Bonchev–Trinajstić information content (AvgIpc) is 2.72. The zero-order valence-electron chi connectivity index (χ0n) is 14.9. The van der Waals surface area contributed by atoms with Crippen molar-refractivity contribution in [2.45, 2.75) is 13.3 Å². The Labute approximate surface area is 157 Å². The van der Waals surface area contributed by atoms with Gasteiger partial charge in [0.25, 0.3) is 5.91 Å². The topological polar surface area (TPSA) is 90.7 Å². The Bertz CT molecular complexity index is 979. The fourth-order valence-electron chi connectivity index (χ4n) is 2.50. The Morgan fingerprint density at radius 2 is 1.81 bits per heavy atom. The first kappa shape index (κ1) is 18.1. The van der Waals surface area contributed by atoms with Crippen LogP contribution in [-0.2, 0) is 0 Å². The standard InChI is InChI=1S/C21H19N5O/c1-2-12-23-21(27)18-13-19(24-17-11-7-6-10-16(17)14-22)26-20(25-18)15-8-4-3-5-9-15/h3-11,13H,2,12H2,1H3,(H,23,27)(H,24,25,26). The molecule has 2 N–H and O–H groups in total. The number of benzene rings is 2. The van der Waals surface area contributed by atoms with E-state index in [4.69, 9.17) is 0 Å². The summed E-state index contributed by atoms with van der Waals surface area (Å²) in [7, 11) is 0. The highest BCUT2D eigenvalue weighted by molar-refractivity contribution is 5.93. The van der Waals surface area contributed by atoms with Crippen molar-refractivity contribution in [3.63, 3.8) is 0 Å². The van der Waals surface area contributed by atoms with E-state index in [1.54, 1.807) is 24.3 Å². The molecule has 2 aromatic carbocycles. The van der Waals surface area contributed by atoms with Gasteiger partial charge in [-0.15, -0.1) is 0 Å². The van der Waals surface area contributed by atoms with Gasteiger partial charge in [0.05, 0.1) is 11.3 Å². The first-order valence-corrected chi connectivity index (χ1v) is 8.70. The lowest BCUT2D eigenvalue weighted by molar-refractivity contribution is 0.0948. The molecule has 134 valence electrons. The van der Waals surface area contributed by atoms with Crippen molar-refractivity contribution in [3.8, 4) is 17.5 Å². The van der Waals surface area contributed by atoms with Gasteiger partial charge in [0.1, 0.15) is 17.6 Å². The van der Waals surface area contributed by atoms with E-state index in [9.17, 15) is 10.1 Å². The normalized spacial score (nSPS) is 10.1. The fraction of sp³-hybridized carbons (Fsp3) is 0.143. The molecule has 6 heteroatoms. The Morgan fingerprint density at radius 3 is 2.56 bits per heavy atom. The smallest absolute Gasteiger partial charge is 0.270 e. The minimum Gasteiger partial charge on any atom is -0.351 e. The van der Waals surface area contributed by atoms with Crippen molar-refractivity contribution >= 4 is 17.4 Å². The summed E-state index contributed by atoms with van der Waals surface area (Å²) in [4.78, 5) is 21.4. The molecule has 1 heterocycles. The molecule has 0 saturated heterocycles. The number of hydrogen-bond donors (Lipinski definition) is 2. The van der Waals surface area contributed by atoms with Crippen LogP contribution in [0.2, 0.25) is 0 Å². The molecule has 0 aliphatic carbocycles. The number of aromatic nitrogens is 2. The number of carbonyl (C=O) groups is 1. The van der Waals surface area contributed by atoms with E-state index in [2.05, 4.69) is 26.7 Å². The molecule has 0 radical (unpaired) electrons. The Morgan fingerprint density at radius 1 is 1.07 bits per heavy atom. The van der Waals surface area contributed by atoms with Crippen molar-refractivity contribution < 1.29 is 4.79 Å². The molecule has 0 atom stereocenters. The third-order valence-electron chi connectivity index (χ3n) is 3.84. The van der Waals surface area contributed by atoms with Crippen LogP contribution in [0.5, 0.6) is 0 Å². The summed E-state index contributed by atoms with van der Waals surface area (Å²) in [6.45, 7) is 2.56. The number of nitrogens with one attached hydrogen (secondary N) is 2. The molecule has 0 fully saturated rings. The molecule has 0 unspecified atom stereocenters. The van der Waals surface area contributed by atoms with Crippen LogP contribution in [-0.4, -0.2) is 22.4 Å². The minimum absolute atomic E-state index is 0.256. The third kappa shape index (κ3) is 4.47. The van der Waals surface area contributed by atoms with Crippen molar-refractivity contribution in [2.75, 3.05) is 11.9 Å². The van der Waals surface area contributed by atoms with Crippen LogP contribution in [0.4, 0.5) is 11.5 Å². The van der Waals surface area contributed by atoms with E-state index in [0.717, 1.165) is 12.0 Å². The van der Waals surface area contributed by atoms with E-state index in [-0.39, 0.29) is 11.6 Å². The first-order valence-electron chi connectivity index (χ1n) is 8.70. The quantitative estimate of drug-likeness (QED) is 0.698. The van der Waals surface area contributed by atoms with Crippen LogP contribution in [0.3, 0.4) is 0 Å². The lowest BCUT2D eigenvalue weighted by atomic mass is 10.2. The van der Waals surface area contributed by atoms with Crippen LogP contribution in [0.1, 0.15) is 29.4 Å². The minimum atomic E-state index is -0.256. The van der Waals surface area contributed by atoms with Crippen molar-refractivity contribution in [2.24, 2.45) is 0 Å². The van der Waals surface area contributed by atoms with Gasteiger partial charge in [0.2, 0.25) is 0 Å². The molecule has 0 spiro atoms. The Kier molecular flexibility index (Phi) is 5.75. The number of amides is 1. The van der Waals surface area contributed by atoms with Crippen LogP contribution in [0.25, 0.3) is 11.4 Å². The lowest BCUT2D eigenvalue weighted by Gasteiger charge is -2.11. The van der Waals surface area contributed by atoms with Gasteiger partial charge in [0.15, 0.2) is 5.82 Å². The molecule has 3 rings (SSSR count). The highest BCUT2D eigenvalue weighted by Gasteiger charge is 2.13. The van der Waals surface area contributed by atoms with Crippen LogP contribution in [0.15, 0.2) is 60.7 Å². The number of hydrogen-bond acceptors (Lipinski definition) is 5. The predicted molar refractivity (Wildman–Crippen MR) is 105 cm³/mol. The fourth-order valence-corrected chi connectivity index (χ4v) is 2.50. The van der Waals surface area contributed by atoms with Crippen molar-refractivity contribution in [3.05, 3.63) is 71.9 Å². The van der Waals surface area contributed by atoms with Gasteiger partial charge in [-0.25, -0.2) is 9.97 Å². The second-order valence-electron chi connectivity index (χ2n) is 5.87. The third-order valence-corrected chi connectivity index (χ3v) is 3.84. The zero-order chi connectivity index (χ0) is 19.1. The van der Waals surface area contributed by atoms with Gasteiger partial charge in [-0.05, 0) is 18.6 Å². The van der Waals surface area contributed by atoms with Crippen LogP contribution in [0, 0.1) is 11.3 Å². The van der Waals surface area contributed by atoms with Gasteiger partial charge < -0.3 is 10.6 Å². The largest absolute Gasteiger partial charge is 0.351 e. The lowest BCUT2D eigenvalue weighted by Crippen LogP contribution is -2.25. The van der Waals surface area contributed by atoms with Crippen LogP contribution >= 0.6 is 0 Å². The van der Waals surface area contributed by atoms with Gasteiger partial charge >= 0.3 is 0 Å². The molecule has 1 amide bonds. The number of rotatable bonds is 6. The highest BCUT2D eigenvalue weighted by atomic mass is 16.1. The van der Waals surface area contributed by atoms with E-state index in [0.29, 0.717) is 29.4 Å². The molecule has 0 saturated carbocycles. The van der Waals surface area contributed by atoms with Gasteiger partial charge in [-0.1, -0.05) is 49.4 Å². The summed E-state index contributed by atoms with van der Waals surface area (Å²) in [6.07, 6.45) is 0.836. The number of para-hydroxylation sites is 1.